The quantitative estimate of drug-likeness (QED) is 0.591. The second-order valence-corrected chi connectivity index (χ2v) is 6.31. The van der Waals surface area contributed by atoms with Crippen molar-refractivity contribution in [1.82, 2.24) is 4.90 Å². The summed E-state index contributed by atoms with van der Waals surface area (Å²) in [5.41, 5.74) is 6.79. The Bertz CT molecular complexity index is 417. The number of esters is 1. The van der Waals surface area contributed by atoms with Gasteiger partial charge in [-0.1, -0.05) is 27.7 Å². The molecule has 0 aliphatic carbocycles. The number of hydrogen-bond acceptors (Lipinski definition) is 4. The molecule has 1 aromatic carbocycles. The minimum absolute atomic E-state index is 0.288. The lowest BCUT2D eigenvalue weighted by atomic mass is 10.1. The molecule has 0 unspecified atom stereocenters. The first-order chi connectivity index (χ1) is 9.88. The van der Waals surface area contributed by atoms with Gasteiger partial charge in [0, 0.05) is 25.3 Å². The number of hydrogen-bond donors (Lipinski definition) is 1. The highest BCUT2D eigenvalue weighted by Crippen LogP contribution is 2.08. The predicted octanol–water partition coefficient (Wildman–Crippen LogP) is 3.04. The molecular formula is C17H28N2O2. The molecule has 2 N–H and O–H groups in total. The van der Waals surface area contributed by atoms with Crippen molar-refractivity contribution in [3.05, 3.63) is 29.8 Å². The number of anilines is 1. The van der Waals surface area contributed by atoms with Crippen LogP contribution in [-0.2, 0) is 4.74 Å². The minimum Gasteiger partial charge on any atom is -0.461 e. The Morgan fingerprint density at radius 1 is 1.10 bits per heavy atom. The van der Waals surface area contributed by atoms with Crippen LogP contribution in [0.5, 0.6) is 0 Å². The normalized spacial score (nSPS) is 11.4. The van der Waals surface area contributed by atoms with Gasteiger partial charge >= 0.3 is 5.97 Å². The van der Waals surface area contributed by atoms with Gasteiger partial charge in [-0.3, -0.25) is 4.90 Å². The SMILES string of the molecule is CC(C)CN(CCOC(=O)c1ccc(N)cc1)CC(C)C. The molecule has 0 atom stereocenters. The second kappa shape index (κ2) is 8.67. The van der Waals surface area contributed by atoms with Crippen molar-refractivity contribution >= 4 is 11.7 Å². The van der Waals surface area contributed by atoms with Gasteiger partial charge in [0.15, 0.2) is 0 Å². The van der Waals surface area contributed by atoms with Crippen LogP contribution in [0.2, 0.25) is 0 Å². The van der Waals surface area contributed by atoms with Gasteiger partial charge < -0.3 is 10.5 Å². The van der Waals surface area contributed by atoms with E-state index in [1.165, 1.54) is 0 Å². The van der Waals surface area contributed by atoms with E-state index in [0.29, 0.717) is 29.7 Å². The van der Waals surface area contributed by atoms with Crippen molar-refractivity contribution in [3.8, 4) is 0 Å². The van der Waals surface area contributed by atoms with Gasteiger partial charge in [0.1, 0.15) is 6.61 Å². The average Bonchev–Trinajstić information content (AvgIpc) is 2.37. The van der Waals surface area contributed by atoms with Crippen molar-refractivity contribution in [1.29, 1.82) is 0 Å². The summed E-state index contributed by atoms with van der Waals surface area (Å²) < 4.78 is 5.34. The zero-order valence-corrected chi connectivity index (χ0v) is 13.6. The summed E-state index contributed by atoms with van der Waals surface area (Å²) in [6, 6.07) is 6.80. The van der Waals surface area contributed by atoms with E-state index in [4.69, 9.17) is 10.5 Å². The molecule has 0 heterocycles. The largest absolute Gasteiger partial charge is 0.461 e. The standard InChI is InChI=1S/C17H28N2O2/c1-13(2)11-19(12-14(3)4)9-10-21-17(20)15-5-7-16(18)8-6-15/h5-8,13-14H,9-12,18H2,1-4H3. The molecule has 0 fully saturated rings. The maximum atomic E-state index is 11.9. The molecule has 0 aliphatic rings. The van der Waals surface area contributed by atoms with E-state index in [-0.39, 0.29) is 5.97 Å². The summed E-state index contributed by atoms with van der Waals surface area (Å²) >= 11 is 0. The van der Waals surface area contributed by atoms with E-state index >= 15 is 0 Å². The van der Waals surface area contributed by atoms with Crippen LogP contribution in [0.15, 0.2) is 24.3 Å². The lowest BCUT2D eigenvalue weighted by molar-refractivity contribution is 0.0450. The molecule has 0 aromatic heterocycles. The predicted molar refractivity (Wildman–Crippen MR) is 87.3 cm³/mol. The number of nitrogen functional groups attached to an aromatic ring is 1. The highest BCUT2D eigenvalue weighted by molar-refractivity contribution is 5.89. The molecule has 4 nitrogen and oxygen atoms in total. The number of rotatable bonds is 8. The molecule has 21 heavy (non-hydrogen) atoms. The van der Waals surface area contributed by atoms with Gasteiger partial charge in [-0.05, 0) is 36.1 Å². The molecule has 1 rings (SSSR count). The highest BCUT2D eigenvalue weighted by atomic mass is 16.5. The van der Waals surface area contributed by atoms with Crippen LogP contribution in [0.4, 0.5) is 5.69 Å². The zero-order chi connectivity index (χ0) is 15.8. The van der Waals surface area contributed by atoms with E-state index in [1.54, 1.807) is 24.3 Å². The molecule has 118 valence electrons. The lowest BCUT2D eigenvalue weighted by Gasteiger charge is -2.25. The number of carbonyl (C=O) groups excluding carboxylic acids is 1. The Morgan fingerprint density at radius 2 is 1.62 bits per heavy atom. The third kappa shape index (κ3) is 7.14. The third-order valence-electron chi connectivity index (χ3n) is 3.03. The number of ether oxygens (including phenoxy) is 1. The average molecular weight is 292 g/mol. The smallest absolute Gasteiger partial charge is 0.338 e. The second-order valence-electron chi connectivity index (χ2n) is 6.31. The number of carbonyl (C=O) groups is 1. The molecule has 0 saturated heterocycles. The van der Waals surface area contributed by atoms with E-state index in [9.17, 15) is 4.79 Å². The van der Waals surface area contributed by atoms with Crippen molar-refractivity contribution in [2.75, 3.05) is 32.0 Å². The lowest BCUT2D eigenvalue weighted by Crippen LogP contribution is -2.34. The highest BCUT2D eigenvalue weighted by Gasteiger charge is 2.11. The van der Waals surface area contributed by atoms with Crippen molar-refractivity contribution < 1.29 is 9.53 Å². The van der Waals surface area contributed by atoms with E-state index in [2.05, 4.69) is 32.6 Å². The molecule has 0 radical (unpaired) electrons. The Hall–Kier alpha value is -1.55. The summed E-state index contributed by atoms with van der Waals surface area (Å²) in [5, 5.41) is 0. The minimum atomic E-state index is -0.288. The van der Waals surface area contributed by atoms with Gasteiger partial charge in [-0.2, -0.15) is 0 Å². The molecule has 0 saturated carbocycles. The van der Waals surface area contributed by atoms with Crippen LogP contribution in [0, 0.1) is 11.8 Å². The Morgan fingerprint density at radius 3 is 2.10 bits per heavy atom. The van der Waals surface area contributed by atoms with Gasteiger partial charge in [-0.15, -0.1) is 0 Å². The Balaban J connectivity index is 2.41. The van der Waals surface area contributed by atoms with Crippen LogP contribution >= 0.6 is 0 Å². The summed E-state index contributed by atoms with van der Waals surface area (Å²) in [7, 11) is 0. The molecule has 4 heteroatoms. The van der Waals surface area contributed by atoms with Crippen LogP contribution < -0.4 is 5.73 Å². The first kappa shape index (κ1) is 17.5. The van der Waals surface area contributed by atoms with Crippen LogP contribution in [0.3, 0.4) is 0 Å². The fourth-order valence-corrected chi connectivity index (χ4v) is 2.26. The van der Waals surface area contributed by atoms with Gasteiger partial charge in [-0.25, -0.2) is 4.79 Å². The molecule has 0 amide bonds. The summed E-state index contributed by atoms with van der Waals surface area (Å²) in [6.07, 6.45) is 0. The molecule has 0 aliphatic heterocycles. The van der Waals surface area contributed by atoms with E-state index in [0.717, 1.165) is 19.6 Å². The Kier molecular flexibility index (Phi) is 7.23. The van der Waals surface area contributed by atoms with E-state index in [1.807, 2.05) is 0 Å². The number of nitrogens with zero attached hydrogens (tertiary/aromatic N) is 1. The van der Waals surface area contributed by atoms with Gasteiger partial charge in [0.05, 0.1) is 5.56 Å². The summed E-state index contributed by atoms with van der Waals surface area (Å²) in [4.78, 5) is 14.3. The maximum Gasteiger partial charge on any atom is 0.338 e. The maximum absolute atomic E-state index is 11.9. The fourth-order valence-electron chi connectivity index (χ4n) is 2.26. The van der Waals surface area contributed by atoms with Crippen LogP contribution in [-0.4, -0.2) is 37.1 Å². The molecule has 1 aromatic rings. The number of benzene rings is 1. The molecular weight excluding hydrogens is 264 g/mol. The third-order valence-corrected chi connectivity index (χ3v) is 3.03. The van der Waals surface area contributed by atoms with Crippen molar-refractivity contribution in [2.45, 2.75) is 27.7 Å². The van der Waals surface area contributed by atoms with E-state index < -0.39 is 0 Å². The fraction of sp³-hybridized carbons (Fsp3) is 0.588. The van der Waals surface area contributed by atoms with Crippen LogP contribution in [0.25, 0.3) is 0 Å². The van der Waals surface area contributed by atoms with Gasteiger partial charge in [0.25, 0.3) is 0 Å². The topological polar surface area (TPSA) is 55.6 Å². The Labute approximate surface area is 128 Å². The molecule has 0 bridgehead atoms. The monoisotopic (exact) mass is 292 g/mol. The van der Waals surface area contributed by atoms with Gasteiger partial charge in [0.2, 0.25) is 0 Å². The summed E-state index contributed by atoms with van der Waals surface area (Å²) in [5.74, 6) is 0.928. The van der Waals surface area contributed by atoms with Crippen LogP contribution in [0.1, 0.15) is 38.1 Å². The van der Waals surface area contributed by atoms with Crippen molar-refractivity contribution in [2.24, 2.45) is 11.8 Å². The first-order valence-electron chi connectivity index (χ1n) is 7.63. The van der Waals surface area contributed by atoms with Crippen molar-refractivity contribution in [3.63, 3.8) is 0 Å². The number of nitrogens with two attached hydrogens (primary N) is 1. The summed E-state index contributed by atoms with van der Waals surface area (Å²) in [6.45, 7) is 12.1. The zero-order valence-electron chi connectivity index (χ0n) is 13.6. The first-order valence-corrected chi connectivity index (χ1v) is 7.63. The molecule has 0 spiro atoms.